The van der Waals surface area contributed by atoms with Crippen LogP contribution in [-0.4, -0.2) is 72.7 Å². The summed E-state index contributed by atoms with van der Waals surface area (Å²) >= 11 is 0. The van der Waals surface area contributed by atoms with Crippen molar-refractivity contribution in [2.24, 2.45) is 0 Å². The van der Waals surface area contributed by atoms with E-state index in [0.717, 1.165) is 16.9 Å². The lowest BCUT2D eigenvalue weighted by Gasteiger charge is -2.34. The van der Waals surface area contributed by atoms with E-state index in [1.54, 1.807) is 21.8 Å². The van der Waals surface area contributed by atoms with Gasteiger partial charge in [0.25, 0.3) is 5.91 Å². The molecule has 0 unspecified atom stereocenters. The van der Waals surface area contributed by atoms with Crippen LogP contribution in [0.4, 0.5) is 0 Å². The summed E-state index contributed by atoms with van der Waals surface area (Å²) in [5, 5.41) is 4.43. The highest BCUT2D eigenvalue weighted by Gasteiger charge is 2.32. The average Bonchev–Trinajstić information content (AvgIpc) is 3.24. The van der Waals surface area contributed by atoms with Crippen molar-refractivity contribution >= 4 is 15.9 Å². The SMILES string of the molecule is Cc1ccccc1-n1ncc(C(=O)N2CCN(S(=O)(=O)c3ccc4c(c3)OCCO4)CC2)c1C. The Morgan fingerprint density at radius 1 is 0.941 bits per heavy atom. The lowest BCUT2D eigenvalue weighted by atomic mass is 10.2. The zero-order chi connectivity index (χ0) is 23.9. The first-order valence-corrected chi connectivity index (χ1v) is 12.6. The minimum Gasteiger partial charge on any atom is -0.486 e. The second kappa shape index (κ2) is 8.77. The summed E-state index contributed by atoms with van der Waals surface area (Å²) in [6.07, 6.45) is 1.59. The minimum absolute atomic E-state index is 0.145. The standard InChI is InChI=1S/C24H26N4O5S/c1-17-5-3-4-6-21(17)28-18(2)20(16-25-28)24(29)26-9-11-27(12-10-26)34(30,31)19-7-8-22-23(15-19)33-14-13-32-22/h3-8,15-16H,9-14H2,1-2H3. The number of carbonyl (C=O) groups is 1. The molecule has 0 spiro atoms. The Morgan fingerprint density at radius 2 is 1.65 bits per heavy atom. The number of sulfonamides is 1. The van der Waals surface area contributed by atoms with Crippen molar-refractivity contribution in [2.75, 3.05) is 39.4 Å². The second-order valence-electron chi connectivity index (χ2n) is 8.34. The number of hydrogen-bond acceptors (Lipinski definition) is 6. The molecule has 3 heterocycles. The summed E-state index contributed by atoms with van der Waals surface area (Å²) in [6, 6.07) is 12.5. The molecular weight excluding hydrogens is 456 g/mol. The Kier molecular flexibility index (Phi) is 5.78. The predicted octanol–water partition coefficient (Wildman–Crippen LogP) is 2.41. The molecule has 2 aliphatic heterocycles. The summed E-state index contributed by atoms with van der Waals surface area (Å²) in [6.45, 7) is 5.74. The van der Waals surface area contributed by atoms with E-state index in [4.69, 9.17) is 9.47 Å². The summed E-state index contributed by atoms with van der Waals surface area (Å²) in [7, 11) is -3.71. The smallest absolute Gasteiger partial charge is 0.257 e. The van der Waals surface area contributed by atoms with E-state index in [1.165, 1.54) is 16.4 Å². The number of piperazine rings is 1. The third kappa shape index (κ3) is 3.92. The summed E-state index contributed by atoms with van der Waals surface area (Å²) < 4.78 is 40.5. The van der Waals surface area contributed by atoms with Crippen LogP contribution in [0, 0.1) is 13.8 Å². The van der Waals surface area contributed by atoms with Crippen LogP contribution in [0.3, 0.4) is 0 Å². The lowest BCUT2D eigenvalue weighted by Crippen LogP contribution is -2.50. The molecule has 34 heavy (non-hydrogen) atoms. The maximum Gasteiger partial charge on any atom is 0.257 e. The zero-order valence-electron chi connectivity index (χ0n) is 19.1. The Hall–Kier alpha value is -3.37. The van der Waals surface area contributed by atoms with E-state index in [2.05, 4.69) is 5.10 Å². The number of aryl methyl sites for hydroxylation is 1. The zero-order valence-corrected chi connectivity index (χ0v) is 19.9. The average molecular weight is 483 g/mol. The molecule has 0 N–H and O–H groups in total. The molecule has 1 amide bonds. The highest BCUT2D eigenvalue weighted by Crippen LogP contribution is 2.33. The summed E-state index contributed by atoms with van der Waals surface area (Å²) in [4.78, 5) is 15.1. The highest BCUT2D eigenvalue weighted by molar-refractivity contribution is 7.89. The molecule has 0 radical (unpaired) electrons. The molecule has 2 aromatic carbocycles. The van der Waals surface area contributed by atoms with Gasteiger partial charge in [-0.3, -0.25) is 4.79 Å². The molecule has 178 valence electrons. The molecule has 5 rings (SSSR count). The molecular formula is C24H26N4O5S. The Labute approximate surface area is 198 Å². The second-order valence-corrected chi connectivity index (χ2v) is 10.3. The topological polar surface area (TPSA) is 94.0 Å². The third-order valence-corrected chi connectivity index (χ3v) is 8.16. The number of ether oxygens (including phenoxy) is 2. The highest BCUT2D eigenvalue weighted by atomic mass is 32.2. The normalized spacial score (nSPS) is 16.5. The van der Waals surface area contributed by atoms with Gasteiger partial charge in [-0.15, -0.1) is 0 Å². The number of hydrogen-bond donors (Lipinski definition) is 0. The van der Waals surface area contributed by atoms with Gasteiger partial charge in [-0.1, -0.05) is 18.2 Å². The van der Waals surface area contributed by atoms with Crippen LogP contribution < -0.4 is 9.47 Å². The molecule has 2 aliphatic rings. The molecule has 0 saturated carbocycles. The van der Waals surface area contributed by atoms with Crippen molar-refractivity contribution in [1.29, 1.82) is 0 Å². The van der Waals surface area contributed by atoms with Crippen LogP contribution >= 0.6 is 0 Å². The largest absolute Gasteiger partial charge is 0.486 e. The first kappa shape index (κ1) is 22.4. The number of rotatable bonds is 4. The quantitative estimate of drug-likeness (QED) is 0.567. The fourth-order valence-electron chi connectivity index (χ4n) is 4.30. The molecule has 1 aromatic heterocycles. The summed E-state index contributed by atoms with van der Waals surface area (Å²) in [5.74, 6) is 0.832. The number of carbonyl (C=O) groups excluding carboxylic acids is 1. The van der Waals surface area contributed by atoms with Crippen LogP contribution in [0.25, 0.3) is 5.69 Å². The van der Waals surface area contributed by atoms with Gasteiger partial charge in [0, 0.05) is 32.2 Å². The maximum atomic E-state index is 13.2. The van der Waals surface area contributed by atoms with Gasteiger partial charge in [-0.25, -0.2) is 13.1 Å². The fraction of sp³-hybridized carbons (Fsp3) is 0.333. The Morgan fingerprint density at radius 3 is 2.38 bits per heavy atom. The molecule has 0 aliphatic carbocycles. The molecule has 9 nitrogen and oxygen atoms in total. The first-order chi connectivity index (χ1) is 16.4. The van der Waals surface area contributed by atoms with Crippen molar-refractivity contribution in [2.45, 2.75) is 18.7 Å². The van der Waals surface area contributed by atoms with E-state index in [0.29, 0.717) is 43.4 Å². The number of para-hydroxylation sites is 1. The molecule has 0 atom stereocenters. The Bertz CT molecular complexity index is 1340. The maximum absolute atomic E-state index is 13.2. The van der Waals surface area contributed by atoms with Gasteiger partial charge in [-0.2, -0.15) is 9.40 Å². The number of benzene rings is 2. The molecule has 1 fully saturated rings. The van der Waals surface area contributed by atoms with E-state index in [1.807, 2.05) is 38.1 Å². The van der Waals surface area contributed by atoms with Crippen LogP contribution in [-0.2, 0) is 10.0 Å². The van der Waals surface area contributed by atoms with Gasteiger partial charge in [0.1, 0.15) is 13.2 Å². The number of aromatic nitrogens is 2. The van der Waals surface area contributed by atoms with Gasteiger partial charge < -0.3 is 14.4 Å². The van der Waals surface area contributed by atoms with E-state index in [-0.39, 0.29) is 23.9 Å². The van der Waals surface area contributed by atoms with Crippen LogP contribution in [0.2, 0.25) is 0 Å². The first-order valence-electron chi connectivity index (χ1n) is 11.2. The molecule has 1 saturated heterocycles. The van der Waals surface area contributed by atoms with Crippen molar-refractivity contribution < 1.29 is 22.7 Å². The van der Waals surface area contributed by atoms with Crippen molar-refractivity contribution in [3.05, 3.63) is 65.5 Å². The summed E-state index contributed by atoms with van der Waals surface area (Å²) in [5.41, 5.74) is 3.26. The van der Waals surface area contributed by atoms with Gasteiger partial charge in [0.05, 0.1) is 28.0 Å². The van der Waals surface area contributed by atoms with Crippen LogP contribution in [0.1, 0.15) is 21.6 Å². The van der Waals surface area contributed by atoms with Gasteiger partial charge >= 0.3 is 0 Å². The van der Waals surface area contributed by atoms with Gasteiger partial charge in [0.15, 0.2) is 11.5 Å². The monoisotopic (exact) mass is 482 g/mol. The third-order valence-electron chi connectivity index (χ3n) is 6.26. The number of fused-ring (bicyclic) bond motifs is 1. The number of amides is 1. The lowest BCUT2D eigenvalue weighted by molar-refractivity contribution is 0.0697. The molecule has 10 heteroatoms. The van der Waals surface area contributed by atoms with Crippen molar-refractivity contribution in [1.82, 2.24) is 19.0 Å². The fourth-order valence-corrected chi connectivity index (χ4v) is 5.74. The Balaban J connectivity index is 1.29. The van der Waals surface area contributed by atoms with Crippen LogP contribution in [0.5, 0.6) is 11.5 Å². The number of nitrogens with zero attached hydrogens (tertiary/aromatic N) is 4. The van der Waals surface area contributed by atoms with E-state index in [9.17, 15) is 13.2 Å². The van der Waals surface area contributed by atoms with Gasteiger partial charge in [0.2, 0.25) is 10.0 Å². The van der Waals surface area contributed by atoms with Crippen molar-refractivity contribution in [3.63, 3.8) is 0 Å². The predicted molar refractivity (Wildman–Crippen MR) is 125 cm³/mol. The van der Waals surface area contributed by atoms with E-state index < -0.39 is 10.0 Å². The van der Waals surface area contributed by atoms with E-state index >= 15 is 0 Å². The van der Waals surface area contributed by atoms with Crippen LogP contribution in [0.15, 0.2) is 53.6 Å². The minimum atomic E-state index is -3.71. The molecule has 0 bridgehead atoms. The van der Waals surface area contributed by atoms with Crippen molar-refractivity contribution in [3.8, 4) is 17.2 Å². The van der Waals surface area contributed by atoms with Gasteiger partial charge in [-0.05, 0) is 37.6 Å². The molecule has 3 aromatic rings.